The number of pyridine rings is 1. The van der Waals surface area contributed by atoms with E-state index in [9.17, 15) is 14.4 Å². The lowest BCUT2D eigenvalue weighted by Gasteiger charge is -2.12. The zero-order chi connectivity index (χ0) is 15.0. The molecule has 1 aromatic carbocycles. The Morgan fingerprint density at radius 2 is 2.00 bits per heavy atom. The summed E-state index contributed by atoms with van der Waals surface area (Å²) in [5.74, 6) is -1.47. The summed E-state index contributed by atoms with van der Waals surface area (Å²) in [7, 11) is 0. The van der Waals surface area contributed by atoms with Crippen LogP contribution in [0.5, 0.6) is 0 Å². The van der Waals surface area contributed by atoms with E-state index >= 15 is 0 Å². The highest BCUT2D eigenvalue weighted by Gasteiger charge is 2.23. The summed E-state index contributed by atoms with van der Waals surface area (Å²) in [5.41, 5.74) is -0.302. The highest BCUT2D eigenvalue weighted by Crippen LogP contribution is 2.18. The van der Waals surface area contributed by atoms with E-state index in [-0.39, 0.29) is 24.1 Å². The first kappa shape index (κ1) is 13.4. The predicted molar refractivity (Wildman–Crippen MR) is 76.3 cm³/mol. The van der Waals surface area contributed by atoms with Crippen LogP contribution in [-0.4, -0.2) is 27.6 Å². The molecule has 3 rings (SSSR count). The van der Waals surface area contributed by atoms with Crippen LogP contribution in [0.25, 0.3) is 10.9 Å². The maximum absolute atomic E-state index is 12.1. The number of amides is 1. The zero-order valence-electron chi connectivity index (χ0n) is 11.2. The predicted octanol–water partition coefficient (Wildman–Crippen LogP) is 0.978. The smallest absolute Gasteiger partial charge is 0.341 e. The van der Waals surface area contributed by atoms with Crippen LogP contribution in [0.3, 0.4) is 0 Å². The molecule has 2 aromatic rings. The highest BCUT2D eigenvalue weighted by atomic mass is 16.4. The number of aromatic carboxylic acids is 1. The monoisotopic (exact) mass is 286 g/mol. The van der Waals surface area contributed by atoms with Gasteiger partial charge in [0.1, 0.15) is 12.1 Å². The molecule has 108 valence electrons. The van der Waals surface area contributed by atoms with Gasteiger partial charge in [0.2, 0.25) is 11.3 Å². The van der Waals surface area contributed by atoms with Crippen LogP contribution in [0.4, 0.5) is 0 Å². The lowest BCUT2D eigenvalue weighted by Crippen LogP contribution is -2.30. The molecule has 1 aromatic heterocycles. The number of fused-ring (bicyclic) bond motifs is 1. The maximum Gasteiger partial charge on any atom is 0.341 e. The number of rotatable bonds is 4. The zero-order valence-corrected chi connectivity index (χ0v) is 11.2. The molecule has 0 spiro atoms. The van der Waals surface area contributed by atoms with Gasteiger partial charge in [0.25, 0.3) is 0 Å². The standard InChI is InChI=1S/C15H14N2O4/c18-13(16-9-5-6-9)8-17-7-11(15(20)21)14(19)10-3-1-2-4-12(10)17/h1-4,7,9H,5-6,8H2,(H,16,18)(H,20,21). The summed E-state index contributed by atoms with van der Waals surface area (Å²) < 4.78 is 1.51. The van der Waals surface area contributed by atoms with Gasteiger partial charge in [-0.3, -0.25) is 9.59 Å². The number of carbonyl (C=O) groups excluding carboxylic acids is 1. The van der Waals surface area contributed by atoms with Crippen LogP contribution in [0.2, 0.25) is 0 Å². The number of benzene rings is 1. The van der Waals surface area contributed by atoms with E-state index in [2.05, 4.69) is 5.32 Å². The number of nitrogens with zero attached hydrogens (tertiary/aromatic N) is 1. The Morgan fingerprint density at radius 3 is 2.67 bits per heavy atom. The summed E-state index contributed by atoms with van der Waals surface area (Å²) in [6, 6.07) is 6.93. The Kier molecular flexibility index (Phi) is 3.21. The highest BCUT2D eigenvalue weighted by molar-refractivity contribution is 5.93. The molecular formula is C15H14N2O4. The number of carboxylic acids is 1. The average molecular weight is 286 g/mol. The molecule has 1 amide bonds. The fourth-order valence-corrected chi connectivity index (χ4v) is 2.28. The topological polar surface area (TPSA) is 88.4 Å². The van der Waals surface area contributed by atoms with Gasteiger partial charge < -0.3 is 15.0 Å². The largest absolute Gasteiger partial charge is 0.477 e. The summed E-state index contributed by atoms with van der Waals surface area (Å²) in [5, 5.41) is 12.3. The van der Waals surface area contributed by atoms with Crippen LogP contribution in [0.1, 0.15) is 23.2 Å². The van der Waals surface area contributed by atoms with Crippen molar-refractivity contribution in [2.45, 2.75) is 25.4 Å². The Bertz CT molecular complexity index is 790. The van der Waals surface area contributed by atoms with Gasteiger partial charge in [0, 0.05) is 17.6 Å². The Balaban J connectivity index is 2.07. The first-order chi connectivity index (χ1) is 10.1. The molecule has 21 heavy (non-hydrogen) atoms. The molecule has 1 aliphatic rings. The van der Waals surface area contributed by atoms with Crippen molar-refractivity contribution in [3.05, 3.63) is 46.2 Å². The third kappa shape index (κ3) is 2.65. The van der Waals surface area contributed by atoms with E-state index in [4.69, 9.17) is 5.11 Å². The van der Waals surface area contributed by atoms with Crippen LogP contribution in [0.15, 0.2) is 35.3 Å². The van der Waals surface area contributed by atoms with Gasteiger partial charge in [-0.15, -0.1) is 0 Å². The van der Waals surface area contributed by atoms with Gasteiger partial charge in [-0.05, 0) is 25.0 Å². The molecule has 0 aliphatic heterocycles. The minimum absolute atomic E-state index is 0.00241. The van der Waals surface area contributed by atoms with E-state index in [1.54, 1.807) is 24.3 Å². The first-order valence-electron chi connectivity index (χ1n) is 6.71. The van der Waals surface area contributed by atoms with Crippen LogP contribution in [0, 0.1) is 0 Å². The van der Waals surface area contributed by atoms with E-state index in [1.807, 2.05) is 0 Å². The third-order valence-corrected chi connectivity index (χ3v) is 3.47. The van der Waals surface area contributed by atoms with Crippen LogP contribution >= 0.6 is 0 Å². The second-order valence-corrected chi connectivity index (χ2v) is 5.16. The molecule has 0 atom stereocenters. The van der Waals surface area contributed by atoms with Gasteiger partial charge >= 0.3 is 5.97 Å². The Hall–Kier alpha value is -2.63. The van der Waals surface area contributed by atoms with E-state index in [0.29, 0.717) is 10.9 Å². The molecule has 0 saturated heterocycles. The van der Waals surface area contributed by atoms with Crippen molar-refractivity contribution < 1.29 is 14.7 Å². The number of aromatic nitrogens is 1. The number of carboxylic acid groups (broad SMARTS) is 1. The molecule has 0 unspecified atom stereocenters. The molecule has 6 nitrogen and oxygen atoms in total. The van der Waals surface area contributed by atoms with Gasteiger partial charge in [-0.2, -0.15) is 0 Å². The van der Waals surface area contributed by atoms with Gasteiger partial charge in [-0.25, -0.2) is 4.79 Å². The van der Waals surface area contributed by atoms with Gasteiger partial charge in [-0.1, -0.05) is 12.1 Å². The van der Waals surface area contributed by atoms with Crippen molar-refractivity contribution in [2.75, 3.05) is 0 Å². The molecule has 0 bridgehead atoms. The Morgan fingerprint density at radius 1 is 1.29 bits per heavy atom. The third-order valence-electron chi connectivity index (χ3n) is 3.47. The van der Waals surface area contributed by atoms with Crippen molar-refractivity contribution in [3.63, 3.8) is 0 Å². The van der Waals surface area contributed by atoms with E-state index in [0.717, 1.165) is 12.8 Å². The number of nitrogens with one attached hydrogen (secondary N) is 1. The maximum atomic E-state index is 12.1. The first-order valence-corrected chi connectivity index (χ1v) is 6.71. The lowest BCUT2D eigenvalue weighted by molar-refractivity contribution is -0.121. The molecule has 2 N–H and O–H groups in total. The van der Waals surface area contributed by atoms with Crippen molar-refractivity contribution in [1.82, 2.24) is 9.88 Å². The lowest BCUT2D eigenvalue weighted by atomic mass is 10.1. The Labute approximate surface area is 120 Å². The number of hydrogen-bond acceptors (Lipinski definition) is 3. The van der Waals surface area contributed by atoms with E-state index < -0.39 is 11.4 Å². The molecule has 1 heterocycles. The van der Waals surface area contributed by atoms with Crippen molar-refractivity contribution in [3.8, 4) is 0 Å². The van der Waals surface area contributed by atoms with Crippen LogP contribution in [-0.2, 0) is 11.3 Å². The van der Waals surface area contributed by atoms with Crippen molar-refractivity contribution in [2.24, 2.45) is 0 Å². The van der Waals surface area contributed by atoms with Crippen molar-refractivity contribution >= 4 is 22.8 Å². The summed E-state index contributed by atoms with van der Waals surface area (Å²) >= 11 is 0. The summed E-state index contributed by atoms with van der Waals surface area (Å²) in [6.07, 6.45) is 3.20. The SMILES string of the molecule is O=C(Cn1cc(C(=O)O)c(=O)c2ccccc21)NC1CC1. The minimum atomic E-state index is -1.29. The minimum Gasteiger partial charge on any atom is -0.477 e. The van der Waals surface area contributed by atoms with Gasteiger partial charge in [0.15, 0.2) is 0 Å². The fraction of sp³-hybridized carbons (Fsp3) is 0.267. The molecule has 1 aliphatic carbocycles. The molecule has 0 radical (unpaired) electrons. The number of para-hydroxylation sites is 1. The van der Waals surface area contributed by atoms with E-state index in [1.165, 1.54) is 10.8 Å². The average Bonchev–Trinajstić information content (AvgIpc) is 3.25. The summed E-state index contributed by atoms with van der Waals surface area (Å²) in [4.78, 5) is 35.2. The molecular weight excluding hydrogens is 272 g/mol. The second kappa shape index (κ2) is 5.05. The number of hydrogen-bond donors (Lipinski definition) is 2. The quantitative estimate of drug-likeness (QED) is 0.877. The van der Waals surface area contributed by atoms with Crippen LogP contribution < -0.4 is 10.7 Å². The summed E-state index contributed by atoms with van der Waals surface area (Å²) in [6.45, 7) is -0.00241. The number of carbonyl (C=O) groups is 2. The molecule has 1 saturated carbocycles. The van der Waals surface area contributed by atoms with Gasteiger partial charge in [0.05, 0.1) is 5.52 Å². The second-order valence-electron chi connectivity index (χ2n) is 5.16. The van der Waals surface area contributed by atoms with Crippen molar-refractivity contribution in [1.29, 1.82) is 0 Å². The molecule has 6 heteroatoms. The molecule has 1 fully saturated rings. The normalized spacial score (nSPS) is 14.1. The fourth-order valence-electron chi connectivity index (χ4n) is 2.28.